The number of hydrogen-bond donors (Lipinski definition) is 2. The highest BCUT2D eigenvalue weighted by Crippen LogP contribution is 2.44. The van der Waals surface area contributed by atoms with E-state index in [9.17, 15) is 15.0 Å². The summed E-state index contributed by atoms with van der Waals surface area (Å²) in [4.78, 5) is 12.6. The van der Waals surface area contributed by atoms with Crippen LogP contribution in [0.3, 0.4) is 0 Å². The van der Waals surface area contributed by atoms with E-state index in [4.69, 9.17) is 0 Å². The second-order valence-electron chi connectivity index (χ2n) is 6.66. The van der Waals surface area contributed by atoms with Crippen molar-refractivity contribution >= 4 is 5.78 Å². The predicted octanol–water partition coefficient (Wildman–Crippen LogP) is 1.86. The van der Waals surface area contributed by atoms with Gasteiger partial charge in [-0.3, -0.25) is 4.79 Å². The average Bonchev–Trinajstić information content (AvgIpc) is 2.74. The van der Waals surface area contributed by atoms with Gasteiger partial charge in [-0.15, -0.1) is 0 Å². The molecule has 0 aliphatic heterocycles. The number of aliphatic hydroxyl groups excluding tert-OH is 2. The Morgan fingerprint density at radius 1 is 0.778 bits per heavy atom. The van der Waals surface area contributed by atoms with E-state index in [0.717, 1.165) is 0 Å². The van der Waals surface area contributed by atoms with E-state index >= 15 is 0 Å². The molecule has 18 heavy (non-hydrogen) atoms. The minimum Gasteiger partial charge on any atom is -0.393 e. The minimum absolute atomic E-state index is 0.0139. The second kappa shape index (κ2) is 4.93. The first-order valence-electron chi connectivity index (χ1n) is 7.24. The SMILES string of the molecule is CC1C(O)CC(C(=O)C2CC(O)C(C)C2C)C1C. The molecule has 3 nitrogen and oxygen atoms in total. The highest BCUT2D eigenvalue weighted by atomic mass is 16.3. The van der Waals surface area contributed by atoms with Crippen molar-refractivity contribution in [2.24, 2.45) is 35.5 Å². The summed E-state index contributed by atoms with van der Waals surface area (Å²) in [6.45, 7) is 8.20. The number of rotatable bonds is 2. The van der Waals surface area contributed by atoms with Gasteiger partial charge in [0.25, 0.3) is 0 Å². The summed E-state index contributed by atoms with van der Waals surface area (Å²) in [7, 11) is 0. The van der Waals surface area contributed by atoms with Crippen molar-refractivity contribution in [3.63, 3.8) is 0 Å². The zero-order valence-electron chi connectivity index (χ0n) is 11.8. The summed E-state index contributed by atoms with van der Waals surface area (Å²) in [5.41, 5.74) is 0. The Morgan fingerprint density at radius 3 is 1.33 bits per heavy atom. The molecule has 8 unspecified atom stereocenters. The molecule has 2 rings (SSSR count). The fraction of sp³-hybridized carbons (Fsp3) is 0.933. The number of aliphatic hydroxyl groups is 2. The summed E-state index contributed by atoms with van der Waals surface area (Å²) in [5, 5.41) is 19.8. The zero-order chi connectivity index (χ0) is 13.6. The van der Waals surface area contributed by atoms with Crippen molar-refractivity contribution in [2.75, 3.05) is 0 Å². The number of ketones is 1. The van der Waals surface area contributed by atoms with Crippen molar-refractivity contribution in [1.82, 2.24) is 0 Å². The van der Waals surface area contributed by atoms with Crippen LogP contribution in [0.2, 0.25) is 0 Å². The van der Waals surface area contributed by atoms with Crippen LogP contribution < -0.4 is 0 Å². The lowest BCUT2D eigenvalue weighted by Crippen LogP contribution is -2.28. The third-order valence-corrected chi connectivity index (χ3v) is 5.86. The van der Waals surface area contributed by atoms with Crippen LogP contribution in [0, 0.1) is 35.5 Å². The zero-order valence-corrected chi connectivity index (χ0v) is 11.8. The molecule has 0 radical (unpaired) electrons. The molecule has 2 N–H and O–H groups in total. The third kappa shape index (κ3) is 2.12. The van der Waals surface area contributed by atoms with Gasteiger partial charge in [-0.1, -0.05) is 27.7 Å². The first-order valence-corrected chi connectivity index (χ1v) is 7.24. The molecule has 0 aromatic heterocycles. The van der Waals surface area contributed by atoms with Crippen LogP contribution in [0.25, 0.3) is 0 Å². The van der Waals surface area contributed by atoms with E-state index in [1.165, 1.54) is 0 Å². The van der Waals surface area contributed by atoms with Crippen LogP contribution in [-0.4, -0.2) is 28.2 Å². The molecule has 0 aromatic rings. The normalized spacial score (nSPS) is 52.8. The van der Waals surface area contributed by atoms with Gasteiger partial charge >= 0.3 is 0 Å². The summed E-state index contributed by atoms with van der Waals surface area (Å²) < 4.78 is 0. The van der Waals surface area contributed by atoms with Crippen molar-refractivity contribution in [3.05, 3.63) is 0 Å². The number of carbonyl (C=O) groups excluding carboxylic acids is 1. The molecule has 2 fully saturated rings. The van der Waals surface area contributed by atoms with Gasteiger partial charge in [-0.05, 0) is 36.5 Å². The lowest BCUT2D eigenvalue weighted by Gasteiger charge is -2.23. The van der Waals surface area contributed by atoms with Gasteiger partial charge in [0, 0.05) is 11.8 Å². The topological polar surface area (TPSA) is 57.5 Å². The Hall–Kier alpha value is -0.410. The molecule has 0 saturated heterocycles. The molecule has 3 heteroatoms. The molecule has 0 heterocycles. The Labute approximate surface area is 110 Å². The number of Topliss-reactive ketones (excluding diaryl/α,β-unsaturated/α-hetero) is 1. The van der Waals surface area contributed by atoms with Crippen LogP contribution in [0.1, 0.15) is 40.5 Å². The molecule has 8 atom stereocenters. The third-order valence-electron chi connectivity index (χ3n) is 5.86. The molecule has 0 aromatic carbocycles. The van der Waals surface area contributed by atoms with E-state index in [0.29, 0.717) is 12.8 Å². The lowest BCUT2D eigenvalue weighted by atomic mass is 9.79. The maximum Gasteiger partial charge on any atom is 0.139 e. The molecule has 0 bridgehead atoms. The quantitative estimate of drug-likeness (QED) is 0.791. The van der Waals surface area contributed by atoms with Gasteiger partial charge in [-0.25, -0.2) is 0 Å². The molecule has 2 aliphatic rings. The molecule has 2 aliphatic carbocycles. The van der Waals surface area contributed by atoms with Gasteiger partial charge in [0.2, 0.25) is 0 Å². The highest BCUT2D eigenvalue weighted by molar-refractivity contribution is 5.84. The fourth-order valence-corrected chi connectivity index (χ4v) is 3.84. The summed E-state index contributed by atoms with van der Waals surface area (Å²) >= 11 is 0. The van der Waals surface area contributed by atoms with Crippen LogP contribution in [0.4, 0.5) is 0 Å². The van der Waals surface area contributed by atoms with Gasteiger partial charge < -0.3 is 10.2 Å². The first-order chi connectivity index (χ1) is 8.34. The van der Waals surface area contributed by atoms with E-state index in [2.05, 4.69) is 13.8 Å². The van der Waals surface area contributed by atoms with E-state index < -0.39 is 0 Å². The largest absolute Gasteiger partial charge is 0.393 e. The van der Waals surface area contributed by atoms with Crippen molar-refractivity contribution in [2.45, 2.75) is 52.7 Å². The molecule has 0 spiro atoms. The molecule has 2 saturated carbocycles. The second-order valence-corrected chi connectivity index (χ2v) is 6.66. The Morgan fingerprint density at radius 2 is 1.11 bits per heavy atom. The molecular weight excluding hydrogens is 228 g/mol. The van der Waals surface area contributed by atoms with Gasteiger partial charge in [0.1, 0.15) is 5.78 Å². The summed E-state index contributed by atoms with van der Waals surface area (Å²) in [6, 6.07) is 0. The van der Waals surface area contributed by atoms with E-state index in [1.54, 1.807) is 0 Å². The molecule has 104 valence electrons. The van der Waals surface area contributed by atoms with Crippen molar-refractivity contribution in [3.8, 4) is 0 Å². The maximum absolute atomic E-state index is 12.6. The lowest BCUT2D eigenvalue weighted by molar-refractivity contribution is -0.129. The Bertz CT molecular complexity index is 298. The van der Waals surface area contributed by atoms with Gasteiger partial charge in [0.15, 0.2) is 0 Å². The Balaban J connectivity index is 2.09. The van der Waals surface area contributed by atoms with Crippen molar-refractivity contribution < 1.29 is 15.0 Å². The molecule has 0 amide bonds. The predicted molar refractivity (Wildman–Crippen MR) is 69.9 cm³/mol. The summed E-state index contributed by atoms with van der Waals surface area (Å²) in [6.07, 6.45) is 0.532. The summed E-state index contributed by atoms with van der Waals surface area (Å²) in [5.74, 6) is 1.18. The van der Waals surface area contributed by atoms with Crippen molar-refractivity contribution in [1.29, 1.82) is 0 Å². The van der Waals surface area contributed by atoms with E-state index in [1.807, 2.05) is 13.8 Å². The van der Waals surface area contributed by atoms with Crippen LogP contribution in [0.15, 0.2) is 0 Å². The van der Waals surface area contributed by atoms with Crippen LogP contribution >= 0.6 is 0 Å². The standard InChI is InChI=1S/C15H26O3/c1-7-9(3)13(16)5-11(7)15(18)12-6-14(17)10(4)8(12)2/h7-14,16-17H,5-6H2,1-4H3. The maximum atomic E-state index is 12.6. The van der Waals surface area contributed by atoms with E-state index in [-0.39, 0.29) is 53.5 Å². The number of hydrogen-bond acceptors (Lipinski definition) is 3. The monoisotopic (exact) mass is 254 g/mol. The highest BCUT2D eigenvalue weighted by Gasteiger charge is 2.47. The minimum atomic E-state index is -0.340. The van der Waals surface area contributed by atoms with Crippen LogP contribution in [-0.2, 0) is 4.79 Å². The first kappa shape index (κ1) is 14.0. The smallest absolute Gasteiger partial charge is 0.139 e. The van der Waals surface area contributed by atoms with Gasteiger partial charge in [-0.2, -0.15) is 0 Å². The number of carbonyl (C=O) groups is 1. The Kier molecular flexibility index (Phi) is 3.84. The average molecular weight is 254 g/mol. The van der Waals surface area contributed by atoms with Gasteiger partial charge in [0.05, 0.1) is 12.2 Å². The fourth-order valence-electron chi connectivity index (χ4n) is 3.84. The van der Waals surface area contributed by atoms with Crippen LogP contribution in [0.5, 0.6) is 0 Å². The molecular formula is C15H26O3.